The van der Waals surface area contributed by atoms with Crippen molar-refractivity contribution < 1.29 is 9.18 Å². The van der Waals surface area contributed by atoms with Gasteiger partial charge in [0.2, 0.25) is 5.91 Å². The monoisotopic (exact) mass is 385 g/mol. The highest BCUT2D eigenvalue weighted by Gasteiger charge is 2.24. The average molecular weight is 385 g/mol. The second-order valence-electron chi connectivity index (χ2n) is 7.29. The van der Waals surface area contributed by atoms with Gasteiger partial charge in [-0.15, -0.1) is 0 Å². The fraction of sp³-hybridized carbons (Fsp3) is 0.167. The number of aromatic nitrogens is 2. The molecule has 5 heteroatoms. The standard InChI is InChI=1S/C24H20FN3O/c25-19-13-11-18(12-14-19)24-26-20-8-2-4-10-22(20)28(24)16-23(29)27-15-5-7-17-6-1-3-9-21(17)27/h1-4,6,8-14H,5,7,15-16H2. The lowest BCUT2D eigenvalue weighted by atomic mass is 10.0. The first-order valence-electron chi connectivity index (χ1n) is 9.80. The minimum atomic E-state index is -0.294. The summed E-state index contributed by atoms with van der Waals surface area (Å²) in [5.41, 5.74) is 4.71. The van der Waals surface area contributed by atoms with Gasteiger partial charge in [-0.25, -0.2) is 9.37 Å². The number of carbonyl (C=O) groups is 1. The zero-order chi connectivity index (χ0) is 19.8. The van der Waals surface area contributed by atoms with E-state index in [1.165, 1.54) is 17.7 Å². The third kappa shape index (κ3) is 3.18. The van der Waals surface area contributed by atoms with Crippen molar-refractivity contribution in [1.82, 2.24) is 9.55 Å². The van der Waals surface area contributed by atoms with Crippen molar-refractivity contribution in [2.75, 3.05) is 11.4 Å². The summed E-state index contributed by atoms with van der Waals surface area (Å²) in [5.74, 6) is 0.408. The molecule has 3 aromatic carbocycles. The van der Waals surface area contributed by atoms with Crippen molar-refractivity contribution >= 4 is 22.6 Å². The second kappa shape index (κ2) is 7.17. The Morgan fingerprint density at radius 2 is 1.72 bits per heavy atom. The molecular weight excluding hydrogens is 365 g/mol. The second-order valence-corrected chi connectivity index (χ2v) is 7.29. The molecule has 1 aliphatic rings. The first-order valence-corrected chi connectivity index (χ1v) is 9.80. The number of hydrogen-bond donors (Lipinski definition) is 0. The van der Waals surface area contributed by atoms with Crippen molar-refractivity contribution in [3.05, 3.63) is 84.2 Å². The molecule has 144 valence electrons. The summed E-state index contributed by atoms with van der Waals surface area (Å²) >= 11 is 0. The quantitative estimate of drug-likeness (QED) is 0.507. The van der Waals surface area contributed by atoms with Gasteiger partial charge in [0.1, 0.15) is 18.2 Å². The van der Waals surface area contributed by atoms with Gasteiger partial charge in [-0.2, -0.15) is 0 Å². The van der Waals surface area contributed by atoms with Crippen molar-refractivity contribution in [3.8, 4) is 11.4 Å². The number of aryl methyl sites for hydroxylation is 1. The number of para-hydroxylation sites is 3. The molecule has 0 aliphatic carbocycles. The Bertz CT molecular complexity index is 1200. The minimum absolute atomic E-state index is 0.0312. The highest BCUT2D eigenvalue weighted by molar-refractivity contribution is 5.96. The molecule has 0 atom stereocenters. The largest absolute Gasteiger partial charge is 0.314 e. The van der Waals surface area contributed by atoms with Gasteiger partial charge in [-0.05, 0) is 60.9 Å². The van der Waals surface area contributed by atoms with Crippen LogP contribution in [0.5, 0.6) is 0 Å². The number of hydrogen-bond acceptors (Lipinski definition) is 2. The summed E-state index contributed by atoms with van der Waals surface area (Å²) in [6, 6.07) is 22.1. The van der Waals surface area contributed by atoms with Gasteiger partial charge in [0, 0.05) is 17.8 Å². The lowest BCUT2D eigenvalue weighted by Gasteiger charge is -2.29. The van der Waals surface area contributed by atoms with Gasteiger partial charge in [0.15, 0.2) is 0 Å². The number of benzene rings is 3. The molecule has 4 aromatic rings. The van der Waals surface area contributed by atoms with E-state index in [1.807, 2.05) is 51.9 Å². The first kappa shape index (κ1) is 17.6. The number of amides is 1. The Kier molecular flexibility index (Phi) is 4.35. The Balaban J connectivity index is 1.56. The Labute approximate surface area is 168 Å². The molecule has 2 heterocycles. The molecule has 0 fully saturated rings. The van der Waals surface area contributed by atoms with Crippen LogP contribution < -0.4 is 4.90 Å². The van der Waals surface area contributed by atoms with Gasteiger partial charge in [0.25, 0.3) is 0 Å². The predicted octanol–water partition coefficient (Wildman–Crippen LogP) is 4.82. The highest BCUT2D eigenvalue weighted by atomic mass is 19.1. The molecule has 1 aliphatic heterocycles. The number of imidazole rings is 1. The first-order chi connectivity index (χ1) is 14.2. The van der Waals surface area contributed by atoms with Crippen LogP contribution in [0, 0.1) is 5.82 Å². The third-order valence-electron chi connectivity index (χ3n) is 5.46. The molecule has 0 spiro atoms. The molecule has 0 unspecified atom stereocenters. The number of anilines is 1. The van der Waals surface area contributed by atoms with E-state index in [2.05, 4.69) is 6.07 Å². The van der Waals surface area contributed by atoms with Crippen molar-refractivity contribution in [2.24, 2.45) is 0 Å². The van der Waals surface area contributed by atoms with E-state index in [0.29, 0.717) is 12.4 Å². The van der Waals surface area contributed by atoms with Gasteiger partial charge >= 0.3 is 0 Å². The molecule has 0 N–H and O–H groups in total. The number of rotatable bonds is 3. The lowest BCUT2D eigenvalue weighted by molar-refractivity contribution is -0.119. The fourth-order valence-electron chi connectivity index (χ4n) is 4.07. The van der Waals surface area contributed by atoms with Crippen molar-refractivity contribution in [1.29, 1.82) is 0 Å². The van der Waals surface area contributed by atoms with Gasteiger partial charge in [-0.1, -0.05) is 30.3 Å². The maximum absolute atomic E-state index is 13.4. The zero-order valence-electron chi connectivity index (χ0n) is 15.9. The maximum atomic E-state index is 13.4. The van der Waals surface area contributed by atoms with Crippen LogP contribution in [0.4, 0.5) is 10.1 Å². The van der Waals surface area contributed by atoms with Crippen LogP contribution in [-0.2, 0) is 17.8 Å². The molecule has 5 rings (SSSR count). The molecule has 4 nitrogen and oxygen atoms in total. The number of nitrogens with zero attached hydrogens (tertiary/aromatic N) is 3. The normalized spacial score (nSPS) is 13.5. The van der Waals surface area contributed by atoms with Crippen LogP contribution in [-0.4, -0.2) is 22.0 Å². The molecule has 0 radical (unpaired) electrons. The molecule has 29 heavy (non-hydrogen) atoms. The van der Waals surface area contributed by atoms with Crippen LogP contribution >= 0.6 is 0 Å². The highest BCUT2D eigenvalue weighted by Crippen LogP contribution is 2.29. The van der Waals surface area contributed by atoms with Crippen LogP contribution in [0.15, 0.2) is 72.8 Å². The topological polar surface area (TPSA) is 38.1 Å². The molecular formula is C24H20FN3O. The van der Waals surface area contributed by atoms with E-state index in [9.17, 15) is 9.18 Å². The van der Waals surface area contributed by atoms with Gasteiger partial charge in [0.05, 0.1) is 11.0 Å². The third-order valence-corrected chi connectivity index (χ3v) is 5.46. The molecule has 0 saturated carbocycles. The van der Waals surface area contributed by atoms with Gasteiger partial charge < -0.3 is 9.47 Å². The number of halogens is 1. The Morgan fingerprint density at radius 1 is 0.966 bits per heavy atom. The average Bonchev–Trinajstić information content (AvgIpc) is 3.12. The summed E-state index contributed by atoms with van der Waals surface area (Å²) in [6.45, 7) is 0.899. The number of fused-ring (bicyclic) bond motifs is 2. The smallest absolute Gasteiger partial charge is 0.247 e. The van der Waals surface area contributed by atoms with E-state index in [-0.39, 0.29) is 18.3 Å². The van der Waals surface area contributed by atoms with Crippen LogP contribution in [0.25, 0.3) is 22.4 Å². The van der Waals surface area contributed by atoms with Crippen molar-refractivity contribution in [3.63, 3.8) is 0 Å². The van der Waals surface area contributed by atoms with Crippen molar-refractivity contribution in [2.45, 2.75) is 19.4 Å². The molecule has 0 bridgehead atoms. The number of carbonyl (C=O) groups excluding carboxylic acids is 1. The molecule has 0 saturated heterocycles. The fourth-order valence-corrected chi connectivity index (χ4v) is 4.07. The van der Waals surface area contributed by atoms with E-state index in [4.69, 9.17) is 4.98 Å². The Hall–Kier alpha value is -3.47. The van der Waals surface area contributed by atoms with Crippen LogP contribution in [0.1, 0.15) is 12.0 Å². The Morgan fingerprint density at radius 3 is 2.59 bits per heavy atom. The lowest BCUT2D eigenvalue weighted by Crippen LogP contribution is -2.37. The molecule has 1 amide bonds. The maximum Gasteiger partial charge on any atom is 0.247 e. The van der Waals surface area contributed by atoms with Gasteiger partial charge in [-0.3, -0.25) is 4.79 Å². The summed E-state index contributed by atoms with van der Waals surface area (Å²) in [4.78, 5) is 19.9. The summed E-state index contributed by atoms with van der Waals surface area (Å²) in [5, 5.41) is 0. The SMILES string of the molecule is O=C(Cn1c(-c2ccc(F)cc2)nc2ccccc21)N1CCCc2ccccc21. The summed E-state index contributed by atoms with van der Waals surface area (Å²) in [7, 11) is 0. The summed E-state index contributed by atoms with van der Waals surface area (Å²) in [6.07, 6.45) is 1.95. The van der Waals surface area contributed by atoms with E-state index >= 15 is 0 Å². The minimum Gasteiger partial charge on any atom is -0.314 e. The van der Waals surface area contributed by atoms with E-state index < -0.39 is 0 Å². The summed E-state index contributed by atoms with van der Waals surface area (Å²) < 4.78 is 15.3. The zero-order valence-corrected chi connectivity index (χ0v) is 15.9. The molecule has 1 aromatic heterocycles. The van der Waals surface area contributed by atoms with E-state index in [1.54, 1.807) is 12.1 Å². The van der Waals surface area contributed by atoms with Crippen LogP contribution in [0.2, 0.25) is 0 Å². The van der Waals surface area contributed by atoms with Crippen LogP contribution in [0.3, 0.4) is 0 Å². The van der Waals surface area contributed by atoms with E-state index in [0.717, 1.165) is 35.1 Å². The predicted molar refractivity (Wildman–Crippen MR) is 112 cm³/mol.